The Labute approximate surface area is 174 Å². The summed E-state index contributed by atoms with van der Waals surface area (Å²) in [5, 5.41) is 0. The molecule has 0 N–H and O–H groups in total. The second-order valence-corrected chi connectivity index (χ2v) is 8.49. The SMILES string of the molecule is CC(=O)N(C[C@H]1CC[C@@H](N(C)C(C)=O)C1)c1cccc(OCCN2CCCC2)c1. The third-order valence-electron chi connectivity index (χ3n) is 6.38. The Bertz CT molecular complexity index is 702. The normalized spacial score (nSPS) is 21.9. The Morgan fingerprint density at radius 2 is 1.90 bits per heavy atom. The van der Waals surface area contributed by atoms with Crippen molar-refractivity contribution in [3.8, 4) is 5.75 Å². The summed E-state index contributed by atoms with van der Waals surface area (Å²) >= 11 is 0. The molecule has 0 bridgehead atoms. The van der Waals surface area contributed by atoms with E-state index in [0.717, 1.165) is 37.2 Å². The molecule has 0 unspecified atom stereocenters. The van der Waals surface area contributed by atoms with Crippen LogP contribution in [0.1, 0.15) is 46.0 Å². The molecule has 6 nitrogen and oxygen atoms in total. The minimum Gasteiger partial charge on any atom is -0.492 e. The van der Waals surface area contributed by atoms with Crippen LogP contribution in [0.5, 0.6) is 5.75 Å². The monoisotopic (exact) mass is 401 g/mol. The van der Waals surface area contributed by atoms with Crippen LogP contribution in [0.4, 0.5) is 5.69 Å². The molecule has 1 saturated heterocycles. The van der Waals surface area contributed by atoms with E-state index in [1.807, 2.05) is 41.1 Å². The molecule has 2 aliphatic rings. The molecular weight excluding hydrogens is 366 g/mol. The van der Waals surface area contributed by atoms with Gasteiger partial charge in [-0.05, 0) is 63.2 Å². The van der Waals surface area contributed by atoms with Crippen LogP contribution in [0.3, 0.4) is 0 Å². The first-order chi connectivity index (χ1) is 13.9. The number of rotatable bonds is 8. The van der Waals surface area contributed by atoms with Crippen LogP contribution in [0.25, 0.3) is 0 Å². The molecule has 3 rings (SSSR count). The number of likely N-dealkylation sites (tertiary alicyclic amines) is 1. The van der Waals surface area contributed by atoms with Crippen LogP contribution in [0.2, 0.25) is 0 Å². The van der Waals surface area contributed by atoms with Gasteiger partial charge in [-0.1, -0.05) is 6.07 Å². The number of benzene rings is 1. The molecule has 2 fully saturated rings. The van der Waals surface area contributed by atoms with Crippen molar-refractivity contribution in [1.29, 1.82) is 0 Å². The van der Waals surface area contributed by atoms with Gasteiger partial charge in [0.1, 0.15) is 12.4 Å². The topological polar surface area (TPSA) is 53.1 Å². The zero-order valence-corrected chi connectivity index (χ0v) is 18.1. The number of carbonyl (C=O) groups is 2. The average Bonchev–Trinajstić information content (AvgIpc) is 3.37. The van der Waals surface area contributed by atoms with Gasteiger partial charge in [0, 0.05) is 51.8 Å². The van der Waals surface area contributed by atoms with Gasteiger partial charge in [-0.2, -0.15) is 0 Å². The summed E-state index contributed by atoms with van der Waals surface area (Å²) in [6.07, 6.45) is 5.57. The lowest BCUT2D eigenvalue weighted by atomic mass is 10.1. The molecule has 1 saturated carbocycles. The maximum Gasteiger partial charge on any atom is 0.223 e. The molecule has 6 heteroatoms. The van der Waals surface area contributed by atoms with Gasteiger partial charge in [0.25, 0.3) is 0 Å². The Morgan fingerprint density at radius 3 is 2.59 bits per heavy atom. The van der Waals surface area contributed by atoms with Crippen molar-refractivity contribution in [2.24, 2.45) is 5.92 Å². The van der Waals surface area contributed by atoms with Crippen molar-refractivity contribution in [1.82, 2.24) is 9.80 Å². The summed E-state index contributed by atoms with van der Waals surface area (Å²) < 4.78 is 5.96. The van der Waals surface area contributed by atoms with Gasteiger partial charge in [-0.25, -0.2) is 0 Å². The highest BCUT2D eigenvalue weighted by Gasteiger charge is 2.30. The van der Waals surface area contributed by atoms with E-state index in [2.05, 4.69) is 4.90 Å². The summed E-state index contributed by atoms with van der Waals surface area (Å²) in [5.41, 5.74) is 0.888. The third-order valence-corrected chi connectivity index (χ3v) is 6.38. The highest BCUT2D eigenvalue weighted by Crippen LogP contribution is 2.31. The van der Waals surface area contributed by atoms with Gasteiger partial charge in [-0.3, -0.25) is 14.5 Å². The van der Waals surface area contributed by atoms with E-state index in [9.17, 15) is 9.59 Å². The third kappa shape index (κ3) is 5.95. The summed E-state index contributed by atoms with van der Waals surface area (Å²) in [4.78, 5) is 30.1. The average molecular weight is 402 g/mol. The fraction of sp³-hybridized carbons (Fsp3) is 0.652. The first-order valence-electron chi connectivity index (χ1n) is 10.9. The van der Waals surface area contributed by atoms with Crippen molar-refractivity contribution in [2.75, 3.05) is 44.7 Å². The number of hydrogen-bond donors (Lipinski definition) is 0. The van der Waals surface area contributed by atoms with Crippen LogP contribution in [-0.2, 0) is 9.59 Å². The van der Waals surface area contributed by atoms with E-state index < -0.39 is 0 Å². The first kappa shape index (κ1) is 21.6. The molecular formula is C23H35N3O3. The molecule has 0 aromatic heterocycles. The molecule has 160 valence electrons. The maximum atomic E-state index is 12.4. The van der Waals surface area contributed by atoms with E-state index in [4.69, 9.17) is 4.74 Å². The number of amides is 2. The molecule has 1 heterocycles. The molecule has 1 aromatic carbocycles. The highest BCUT2D eigenvalue weighted by atomic mass is 16.5. The van der Waals surface area contributed by atoms with Crippen molar-refractivity contribution in [2.45, 2.75) is 52.0 Å². The van der Waals surface area contributed by atoms with Crippen LogP contribution >= 0.6 is 0 Å². The quantitative estimate of drug-likeness (QED) is 0.671. The van der Waals surface area contributed by atoms with Gasteiger partial charge in [0.05, 0.1) is 0 Å². The molecule has 29 heavy (non-hydrogen) atoms. The van der Waals surface area contributed by atoms with Gasteiger partial charge < -0.3 is 14.5 Å². The smallest absolute Gasteiger partial charge is 0.223 e. The number of anilines is 1. The summed E-state index contributed by atoms with van der Waals surface area (Å²) in [7, 11) is 1.88. The molecule has 1 aromatic rings. The van der Waals surface area contributed by atoms with Crippen molar-refractivity contribution in [3.05, 3.63) is 24.3 Å². The predicted molar refractivity (Wildman–Crippen MR) is 115 cm³/mol. The van der Waals surface area contributed by atoms with Crippen LogP contribution < -0.4 is 9.64 Å². The van der Waals surface area contributed by atoms with Crippen molar-refractivity contribution in [3.63, 3.8) is 0 Å². The molecule has 2 atom stereocenters. The Balaban J connectivity index is 1.57. The van der Waals surface area contributed by atoms with Gasteiger partial charge in [0.15, 0.2) is 0 Å². The Hall–Kier alpha value is -2.08. The van der Waals surface area contributed by atoms with Crippen LogP contribution in [0.15, 0.2) is 24.3 Å². The van der Waals surface area contributed by atoms with Crippen molar-refractivity contribution < 1.29 is 14.3 Å². The second kappa shape index (κ2) is 10.1. The number of ether oxygens (including phenoxy) is 1. The van der Waals surface area contributed by atoms with E-state index in [-0.39, 0.29) is 17.9 Å². The molecule has 1 aliphatic carbocycles. The summed E-state index contributed by atoms with van der Waals surface area (Å²) in [5.74, 6) is 1.37. The maximum absolute atomic E-state index is 12.4. The standard InChI is InChI=1S/C23H35N3O3/c1-18(27)24(3)21-10-9-20(15-21)17-26(19(2)28)22-7-6-8-23(16-22)29-14-13-25-11-4-5-12-25/h6-8,16,20-21H,4-5,9-15,17H2,1-3H3/t20-,21+/m0/s1. The minimum absolute atomic E-state index is 0.0441. The lowest BCUT2D eigenvalue weighted by molar-refractivity contribution is -0.129. The Morgan fingerprint density at radius 1 is 1.14 bits per heavy atom. The van der Waals surface area contributed by atoms with Gasteiger partial charge >= 0.3 is 0 Å². The van der Waals surface area contributed by atoms with E-state index in [1.165, 1.54) is 25.9 Å². The van der Waals surface area contributed by atoms with E-state index in [0.29, 0.717) is 19.1 Å². The molecule has 0 spiro atoms. The largest absolute Gasteiger partial charge is 0.492 e. The molecule has 0 radical (unpaired) electrons. The fourth-order valence-corrected chi connectivity index (χ4v) is 4.54. The van der Waals surface area contributed by atoms with E-state index in [1.54, 1.807) is 13.8 Å². The lowest BCUT2D eigenvalue weighted by Crippen LogP contribution is -2.36. The molecule has 1 aliphatic heterocycles. The lowest BCUT2D eigenvalue weighted by Gasteiger charge is -2.26. The molecule has 2 amide bonds. The predicted octanol–water partition coefficient (Wildman–Crippen LogP) is 3.16. The summed E-state index contributed by atoms with van der Waals surface area (Å²) in [6, 6.07) is 8.14. The van der Waals surface area contributed by atoms with Crippen LogP contribution in [0, 0.1) is 5.92 Å². The minimum atomic E-state index is 0.0441. The Kier molecular flexibility index (Phi) is 7.53. The number of nitrogens with zero attached hydrogens (tertiary/aromatic N) is 3. The summed E-state index contributed by atoms with van der Waals surface area (Å²) in [6.45, 7) is 7.89. The number of carbonyl (C=O) groups excluding carboxylic acids is 2. The number of hydrogen-bond acceptors (Lipinski definition) is 4. The van der Waals surface area contributed by atoms with Crippen molar-refractivity contribution >= 4 is 17.5 Å². The fourth-order valence-electron chi connectivity index (χ4n) is 4.54. The van der Waals surface area contributed by atoms with Crippen LogP contribution in [-0.4, -0.2) is 67.5 Å². The van der Waals surface area contributed by atoms with E-state index >= 15 is 0 Å². The second-order valence-electron chi connectivity index (χ2n) is 8.49. The van der Waals surface area contributed by atoms with Gasteiger partial charge in [0.2, 0.25) is 11.8 Å². The highest BCUT2D eigenvalue weighted by molar-refractivity contribution is 5.91. The van der Waals surface area contributed by atoms with Gasteiger partial charge in [-0.15, -0.1) is 0 Å². The zero-order chi connectivity index (χ0) is 20.8. The first-order valence-corrected chi connectivity index (χ1v) is 10.9. The zero-order valence-electron chi connectivity index (χ0n) is 18.1.